The smallest absolute Gasteiger partial charge is 0.164 e. The third kappa shape index (κ3) is 7.47. The molecule has 2 heterocycles. The number of benzene rings is 7. The minimum atomic E-state index is 0.0880. The summed E-state index contributed by atoms with van der Waals surface area (Å²) >= 11 is 0. The first-order valence-electron chi connectivity index (χ1n) is 19.9. The van der Waals surface area contributed by atoms with Crippen LogP contribution in [0.4, 0.5) is 0 Å². The van der Waals surface area contributed by atoms with E-state index in [2.05, 4.69) is 116 Å². The Morgan fingerprint density at radius 2 is 0.627 bits per heavy atom. The predicted octanol–water partition coefficient (Wildman–Crippen LogP) is 12.7. The highest BCUT2D eigenvalue weighted by Gasteiger charge is 2.22. The van der Waals surface area contributed by atoms with Crippen molar-refractivity contribution in [1.29, 1.82) is 0 Å². The van der Waals surface area contributed by atoms with Gasteiger partial charge in [-0.3, -0.25) is 0 Å². The minimum Gasteiger partial charge on any atom is -0.212 e. The standard InChI is InChI=1S/C53H38N6/c1-35-13-11-12-20-47(35)53-58-50(40-18-9-4-10-19-40)57-52(59-53)42-27-23-37(24-28-42)44-30-32-45-33-43(29-31-46(45)34-44)36-21-25-41(26-22-36)51-55-48(38-14-5-2-6-15-38)54-49(56-51)39-16-7-3-8-17-39/h2-35,47H,1H3. The summed E-state index contributed by atoms with van der Waals surface area (Å²) in [6, 6.07) is 60.6. The molecule has 0 fully saturated rings. The molecule has 0 N–H and O–H groups in total. The number of aromatic nitrogens is 6. The van der Waals surface area contributed by atoms with Gasteiger partial charge in [0.1, 0.15) is 5.82 Å². The van der Waals surface area contributed by atoms with E-state index in [1.165, 1.54) is 10.8 Å². The molecule has 0 aliphatic heterocycles. The van der Waals surface area contributed by atoms with Crippen LogP contribution in [0.2, 0.25) is 0 Å². The predicted molar refractivity (Wildman–Crippen MR) is 239 cm³/mol. The highest BCUT2D eigenvalue weighted by Crippen LogP contribution is 2.33. The molecular weight excluding hydrogens is 721 g/mol. The first kappa shape index (κ1) is 35.7. The van der Waals surface area contributed by atoms with Crippen LogP contribution in [0.25, 0.3) is 90.0 Å². The Morgan fingerprint density at radius 3 is 1.02 bits per heavy atom. The molecule has 0 radical (unpaired) electrons. The third-order valence-electron chi connectivity index (χ3n) is 10.9. The monoisotopic (exact) mass is 758 g/mol. The van der Waals surface area contributed by atoms with Crippen molar-refractivity contribution in [3.63, 3.8) is 0 Å². The van der Waals surface area contributed by atoms with Gasteiger partial charge in [0.05, 0.1) is 0 Å². The molecule has 10 rings (SSSR count). The number of nitrogens with zero attached hydrogens (tertiary/aromatic N) is 6. The van der Waals surface area contributed by atoms with Crippen LogP contribution >= 0.6 is 0 Å². The summed E-state index contributed by atoms with van der Waals surface area (Å²) in [6.45, 7) is 2.20. The van der Waals surface area contributed by atoms with Crippen LogP contribution < -0.4 is 0 Å². The second kappa shape index (κ2) is 15.7. The molecule has 2 atom stereocenters. The van der Waals surface area contributed by atoms with E-state index in [0.717, 1.165) is 55.9 Å². The van der Waals surface area contributed by atoms with E-state index in [1.54, 1.807) is 0 Å². The lowest BCUT2D eigenvalue weighted by atomic mass is 9.89. The highest BCUT2D eigenvalue weighted by atomic mass is 15.0. The number of hydrogen-bond donors (Lipinski definition) is 0. The van der Waals surface area contributed by atoms with Crippen molar-refractivity contribution in [1.82, 2.24) is 29.9 Å². The fourth-order valence-electron chi connectivity index (χ4n) is 7.59. The van der Waals surface area contributed by atoms with Crippen LogP contribution in [0.15, 0.2) is 200 Å². The molecule has 0 bridgehead atoms. The molecule has 0 saturated heterocycles. The average Bonchev–Trinajstić information content (AvgIpc) is 3.32. The number of fused-ring (bicyclic) bond motifs is 1. The molecule has 2 unspecified atom stereocenters. The van der Waals surface area contributed by atoms with Crippen molar-refractivity contribution in [3.8, 4) is 79.2 Å². The first-order chi connectivity index (χ1) is 29.1. The van der Waals surface area contributed by atoms with Gasteiger partial charge < -0.3 is 0 Å². The Labute approximate surface area is 343 Å². The summed E-state index contributed by atoms with van der Waals surface area (Å²) in [4.78, 5) is 29.5. The molecule has 59 heavy (non-hydrogen) atoms. The van der Waals surface area contributed by atoms with E-state index in [1.807, 2.05) is 91.0 Å². The fraction of sp³-hybridized carbons (Fsp3) is 0.0566. The number of rotatable bonds is 8. The molecule has 1 aliphatic carbocycles. The van der Waals surface area contributed by atoms with Gasteiger partial charge in [0.25, 0.3) is 0 Å². The summed E-state index contributed by atoms with van der Waals surface area (Å²) in [5.74, 6) is 4.47. The zero-order valence-corrected chi connectivity index (χ0v) is 32.4. The molecule has 0 spiro atoms. The van der Waals surface area contributed by atoms with E-state index in [9.17, 15) is 0 Å². The van der Waals surface area contributed by atoms with Gasteiger partial charge in [-0.2, -0.15) is 0 Å². The molecule has 280 valence electrons. The van der Waals surface area contributed by atoms with Crippen LogP contribution in [-0.4, -0.2) is 29.9 Å². The van der Waals surface area contributed by atoms with Crippen molar-refractivity contribution in [2.75, 3.05) is 0 Å². The van der Waals surface area contributed by atoms with E-state index in [4.69, 9.17) is 29.9 Å². The van der Waals surface area contributed by atoms with Crippen LogP contribution in [-0.2, 0) is 0 Å². The SMILES string of the molecule is CC1C=CC=CC1c1nc(-c2ccccc2)nc(-c2ccc(-c3ccc4cc(-c5ccc(-c6nc(-c7ccccc7)nc(-c7ccccc7)n6)cc5)ccc4c3)cc2)n1. The van der Waals surface area contributed by atoms with Gasteiger partial charge in [-0.25, -0.2) is 29.9 Å². The second-order valence-electron chi connectivity index (χ2n) is 14.8. The highest BCUT2D eigenvalue weighted by molar-refractivity contribution is 5.91. The zero-order valence-electron chi connectivity index (χ0n) is 32.4. The average molecular weight is 759 g/mol. The summed E-state index contributed by atoms with van der Waals surface area (Å²) in [7, 11) is 0. The molecule has 0 amide bonds. The molecule has 1 aliphatic rings. The molecule has 2 aromatic heterocycles. The largest absolute Gasteiger partial charge is 0.212 e. The Bertz CT molecular complexity index is 2920. The van der Waals surface area contributed by atoms with Gasteiger partial charge in [0.15, 0.2) is 29.1 Å². The van der Waals surface area contributed by atoms with Crippen LogP contribution in [0, 0.1) is 5.92 Å². The van der Waals surface area contributed by atoms with Gasteiger partial charge >= 0.3 is 0 Å². The van der Waals surface area contributed by atoms with Crippen molar-refractivity contribution in [3.05, 3.63) is 206 Å². The Morgan fingerprint density at radius 1 is 0.305 bits per heavy atom. The van der Waals surface area contributed by atoms with Crippen molar-refractivity contribution >= 4 is 10.8 Å². The van der Waals surface area contributed by atoms with Crippen LogP contribution in [0.5, 0.6) is 0 Å². The van der Waals surface area contributed by atoms with Crippen LogP contribution in [0.1, 0.15) is 18.7 Å². The van der Waals surface area contributed by atoms with Gasteiger partial charge in [-0.15, -0.1) is 0 Å². The van der Waals surface area contributed by atoms with Gasteiger partial charge in [-0.05, 0) is 51.1 Å². The van der Waals surface area contributed by atoms with Crippen LogP contribution in [0.3, 0.4) is 0 Å². The minimum absolute atomic E-state index is 0.0880. The number of hydrogen-bond acceptors (Lipinski definition) is 6. The molecule has 9 aromatic rings. The Kier molecular flexibility index (Phi) is 9.49. The zero-order chi connectivity index (χ0) is 39.5. The van der Waals surface area contributed by atoms with E-state index in [-0.39, 0.29) is 5.92 Å². The summed E-state index contributed by atoms with van der Waals surface area (Å²) in [5.41, 5.74) is 9.32. The number of allylic oxidation sites excluding steroid dienone is 4. The quantitative estimate of drug-likeness (QED) is 0.154. The van der Waals surface area contributed by atoms with Crippen molar-refractivity contribution in [2.45, 2.75) is 12.8 Å². The van der Waals surface area contributed by atoms with E-state index >= 15 is 0 Å². The maximum atomic E-state index is 5.01. The molecule has 6 nitrogen and oxygen atoms in total. The Hall–Kier alpha value is -7.70. The maximum absolute atomic E-state index is 5.01. The van der Waals surface area contributed by atoms with Crippen molar-refractivity contribution in [2.24, 2.45) is 5.92 Å². The third-order valence-corrected chi connectivity index (χ3v) is 10.9. The normalized spacial score (nSPS) is 14.7. The molecule has 0 saturated carbocycles. The lowest BCUT2D eigenvalue weighted by Gasteiger charge is -2.20. The first-order valence-corrected chi connectivity index (χ1v) is 19.9. The molecule has 7 aromatic carbocycles. The second-order valence-corrected chi connectivity index (χ2v) is 14.8. The lowest BCUT2D eigenvalue weighted by Crippen LogP contribution is -2.13. The van der Waals surface area contributed by atoms with Gasteiger partial charge in [-0.1, -0.05) is 195 Å². The Balaban J connectivity index is 0.910. The molecular formula is C53H38N6. The molecule has 6 heteroatoms. The van der Waals surface area contributed by atoms with Crippen molar-refractivity contribution < 1.29 is 0 Å². The summed E-state index contributed by atoms with van der Waals surface area (Å²) in [5, 5.41) is 2.36. The van der Waals surface area contributed by atoms with E-state index in [0.29, 0.717) is 35.0 Å². The fourth-order valence-corrected chi connectivity index (χ4v) is 7.59. The maximum Gasteiger partial charge on any atom is 0.164 e. The van der Waals surface area contributed by atoms with Gasteiger partial charge in [0, 0.05) is 33.7 Å². The summed E-state index contributed by atoms with van der Waals surface area (Å²) in [6.07, 6.45) is 8.56. The topological polar surface area (TPSA) is 77.3 Å². The van der Waals surface area contributed by atoms with Gasteiger partial charge in [0.2, 0.25) is 0 Å². The summed E-state index contributed by atoms with van der Waals surface area (Å²) < 4.78 is 0. The van der Waals surface area contributed by atoms with E-state index < -0.39 is 0 Å². The lowest BCUT2D eigenvalue weighted by molar-refractivity contribution is 0.600.